The first-order valence-electron chi connectivity index (χ1n) is 11.7. The van der Waals surface area contributed by atoms with Gasteiger partial charge in [-0.3, -0.25) is 19.5 Å². The molecule has 34 heavy (non-hydrogen) atoms. The van der Waals surface area contributed by atoms with Crippen LogP contribution in [0.15, 0.2) is 42.6 Å². The smallest absolute Gasteiger partial charge is 0.268 e. The number of hydrogen-bond acceptors (Lipinski definition) is 6. The number of anilines is 1. The zero-order valence-corrected chi connectivity index (χ0v) is 20.9. The molecule has 0 radical (unpaired) electrons. The molecule has 1 atom stereocenters. The Morgan fingerprint density at radius 3 is 2.62 bits per heavy atom. The lowest BCUT2D eigenvalue weighted by molar-refractivity contribution is -0.133. The van der Waals surface area contributed by atoms with Gasteiger partial charge in [-0.25, -0.2) is 4.98 Å². The molecular formula is C26H30N4O3S. The van der Waals surface area contributed by atoms with E-state index in [9.17, 15) is 9.59 Å². The molecule has 178 valence electrons. The van der Waals surface area contributed by atoms with Crippen molar-refractivity contribution < 1.29 is 14.3 Å². The quantitative estimate of drug-likeness (QED) is 0.458. The summed E-state index contributed by atoms with van der Waals surface area (Å²) in [5.41, 5.74) is 3.14. The Bertz CT molecular complexity index is 1170. The van der Waals surface area contributed by atoms with Crippen LogP contribution < -0.4 is 9.64 Å². The fraction of sp³-hybridized carbons (Fsp3) is 0.385. The van der Waals surface area contributed by atoms with Gasteiger partial charge in [-0.1, -0.05) is 19.9 Å². The normalized spacial score (nSPS) is 15.1. The molecule has 0 fully saturated rings. The van der Waals surface area contributed by atoms with Crippen LogP contribution in [0, 0.1) is 6.92 Å². The Kier molecular flexibility index (Phi) is 7.26. The standard InChI is InChI=1S/C26H30N4O3S/c1-5-13-29(14-6-2)23(31)16-30-21-15-19(10-11-22(21)33-17(3)26(30)32)24-18(4)34-25(28-24)20-9-7-8-12-27-20/h7-12,15,17H,5-6,13-14,16H2,1-4H3. The summed E-state index contributed by atoms with van der Waals surface area (Å²) in [5, 5.41) is 0.841. The average Bonchev–Trinajstić information content (AvgIpc) is 3.23. The molecule has 1 aliphatic rings. The van der Waals surface area contributed by atoms with E-state index >= 15 is 0 Å². The number of amides is 2. The molecule has 1 unspecified atom stereocenters. The molecule has 0 spiro atoms. The number of hydrogen-bond donors (Lipinski definition) is 0. The highest BCUT2D eigenvalue weighted by Crippen LogP contribution is 2.40. The van der Waals surface area contributed by atoms with Gasteiger partial charge in [0.25, 0.3) is 5.91 Å². The maximum atomic E-state index is 13.1. The molecule has 3 aromatic rings. The van der Waals surface area contributed by atoms with Crippen LogP contribution in [0.25, 0.3) is 22.0 Å². The summed E-state index contributed by atoms with van der Waals surface area (Å²) >= 11 is 1.58. The van der Waals surface area contributed by atoms with E-state index in [0.29, 0.717) is 24.5 Å². The summed E-state index contributed by atoms with van der Waals surface area (Å²) in [6, 6.07) is 11.5. The second-order valence-electron chi connectivity index (χ2n) is 8.39. The predicted octanol–water partition coefficient (Wildman–Crippen LogP) is 4.94. The third-order valence-corrected chi connectivity index (χ3v) is 6.75. The van der Waals surface area contributed by atoms with Crippen LogP contribution in [0.5, 0.6) is 5.75 Å². The first-order chi connectivity index (χ1) is 16.4. The van der Waals surface area contributed by atoms with Crippen LogP contribution in [-0.4, -0.2) is 52.4 Å². The Hall–Kier alpha value is -3.26. The topological polar surface area (TPSA) is 75.6 Å². The third-order valence-electron chi connectivity index (χ3n) is 5.75. The van der Waals surface area contributed by atoms with Crippen LogP contribution in [0.2, 0.25) is 0 Å². The summed E-state index contributed by atoms with van der Waals surface area (Å²) < 4.78 is 5.86. The first kappa shape index (κ1) is 23.9. The number of fused-ring (bicyclic) bond motifs is 1. The first-order valence-corrected chi connectivity index (χ1v) is 12.5. The van der Waals surface area contributed by atoms with Crippen molar-refractivity contribution in [2.45, 2.75) is 46.6 Å². The number of aromatic nitrogens is 2. The molecule has 0 bridgehead atoms. The van der Waals surface area contributed by atoms with E-state index in [1.807, 2.05) is 48.2 Å². The molecule has 7 nitrogen and oxygen atoms in total. The molecule has 0 saturated carbocycles. The molecule has 0 saturated heterocycles. The minimum atomic E-state index is -0.645. The SMILES string of the molecule is CCCN(CCC)C(=O)CN1C(=O)C(C)Oc2ccc(-c3nc(-c4ccccn4)sc3C)cc21. The summed E-state index contributed by atoms with van der Waals surface area (Å²) in [5.74, 6) is 0.332. The van der Waals surface area contributed by atoms with E-state index in [-0.39, 0.29) is 18.4 Å². The molecule has 4 rings (SSSR count). The number of thiazole rings is 1. The van der Waals surface area contributed by atoms with Crippen molar-refractivity contribution in [2.75, 3.05) is 24.5 Å². The number of aryl methyl sites for hydroxylation is 1. The van der Waals surface area contributed by atoms with Gasteiger partial charge in [0.15, 0.2) is 6.10 Å². The molecule has 2 aromatic heterocycles. The molecule has 2 amide bonds. The number of rotatable bonds is 8. The maximum absolute atomic E-state index is 13.1. The van der Waals surface area contributed by atoms with Crippen molar-refractivity contribution in [3.8, 4) is 27.7 Å². The second kappa shape index (κ2) is 10.3. The van der Waals surface area contributed by atoms with Crippen LogP contribution in [0.3, 0.4) is 0 Å². The van der Waals surface area contributed by atoms with Gasteiger partial charge >= 0.3 is 0 Å². The summed E-state index contributed by atoms with van der Waals surface area (Å²) in [6.45, 7) is 9.21. The number of benzene rings is 1. The maximum Gasteiger partial charge on any atom is 0.268 e. The van der Waals surface area contributed by atoms with Crippen LogP contribution in [-0.2, 0) is 9.59 Å². The molecule has 0 N–H and O–H groups in total. The highest BCUT2D eigenvalue weighted by molar-refractivity contribution is 7.15. The van der Waals surface area contributed by atoms with E-state index in [1.54, 1.807) is 29.4 Å². The average molecular weight is 479 g/mol. The number of ether oxygens (including phenoxy) is 1. The minimum Gasteiger partial charge on any atom is -0.479 e. The monoisotopic (exact) mass is 478 g/mol. The Labute approximate surface area is 204 Å². The predicted molar refractivity (Wildman–Crippen MR) is 135 cm³/mol. The van der Waals surface area contributed by atoms with Crippen molar-refractivity contribution >= 4 is 28.8 Å². The number of pyridine rings is 1. The molecular weight excluding hydrogens is 448 g/mol. The lowest BCUT2D eigenvalue weighted by atomic mass is 10.1. The highest BCUT2D eigenvalue weighted by atomic mass is 32.1. The van der Waals surface area contributed by atoms with Crippen molar-refractivity contribution in [1.82, 2.24) is 14.9 Å². The fourth-order valence-electron chi connectivity index (χ4n) is 4.12. The number of nitrogens with zero attached hydrogens (tertiary/aromatic N) is 4. The lowest BCUT2D eigenvalue weighted by Gasteiger charge is -2.34. The highest BCUT2D eigenvalue weighted by Gasteiger charge is 2.34. The van der Waals surface area contributed by atoms with Crippen molar-refractivity contribution in [3.05, 3.63) is 47.5 Å². The number of carbonyl (C=O) groups excluding carboxylic acids is 2. The summed E-state index contributed by atoms with van der Waals surface area (Å²) in [7, 11) is 0. The van der Waals surface area contributed by atoms with Gasteiger partial charge in [0.05, 0.1) is 17.1 Å². The molecule has 1 aliphatic heterocycles. The van der Waals surface area contributed by atoms with E-state index in [0.717, 1.165) is 39.7 Å². The largest absolute Gasteiger partial charge is 0.479 e. The van der Waals surface area contributed by atoms with E-state index in [1.165, 1.54) is 0 Å². The Morgan fingerprint density at radius 1 is 1.18 bits per heavy atom. The van der Waals surface area contributed by atoms with E-state index < -0.39 is 6.10 Å². The second-order valence-corrected chi connectivity index (χ2v) is 9.59. The van der Waals surface area contributed by atoms with E-state index in [2.05, 4.69) is 18.8 Å². The summed E-state index contributed by atoms with van der Waals surface area (Å²) in [6.07, 6.45) is 2.86. The zero-order chi connectivity index (χ0) is 24.2. The van der Waals surface area contributed by atoms with Crippen LogP contribution in [0.4, 0.5) is 5.69 Å². The van der Waals surface area contributed by atoms with Crippen LogP contribution >= 0.6 is 11.3 Å². The lowest BCUT2D eigenvalue weighted by Crippen LogP contribution is -2.49. The van der Waals surface area contributed by atoms with Gasteiger partial charge in [-0.15, -0.1) is 11.3 Å². The number of carbonyl (C=O) groups is 2. The minimum absolute atomic E-state index is 0.00177. The zero-order valence-electron chi connectivity index (χ0n) is 20.1. The van der Waals surface area contributed by atoms with Gasteiger partial charge in [-0.05, 0) is 57.0 Å². The van der Waals surface area contributed by atoms with Crippen molar-refractivity contribution in [3.63, 3.8) is 0 Å². The van der Waals surface area contributed by atoms with Crippen molar-refractivity contribution in [2.24, 2.45) is 0 Å². The van der Waals surface area contributed by atoms with Gasteiger partial charge in [0, 0.05) is 29.7 Å². The summed E-state index contributed by atoms with van der Waals surface area (Å²) in [4.78, 5) is 39.9. The molecule has 8 heteroatoms. The Morgan fingerprint density at radius 2 is 1.94 bits per heavy atom. The van der Waals surface area contributed by atoms with Gasteiger partial charge < -0.3 is 9.64 Å². The van der Waals surface area contributed by atoms with E-state index in [4.69, 9.17) is 9.72 Å². The fourth-order valence-corrected chi connectivity index (χ4v) is 5.03. The van der Waals surface area contributed by atoms with Crippen molar-refractivity contribution in [1.29, 1.82) is 0 Å². The van der Waals surface area contributed by atoms with Crippen LogP contribution in [0.1, 0.15) is 38.5 Å². The Balaban J connectivity index is 1.68. The van der Waals surface area contributed by atoms with Gasteiger partial charge in [0.1, 0.15) is 17.3 Å². The van der Waals surface area contributed by atoms with Gasteiger partial charge in [-0.2, -0.15) is 0 Å². The molecule has 3 heterocycles. The third kappa shape index (κ3) is 4.82. The van der Waals surface area contributed by atoms with Gasteiger partial charge in [0.2, 0.25) is 5.91 Å². The molecule has 0 aliphatic carbocycles. The molecule has 1 aromatic carbocycles.